The second-order valence-corrected chi connectivity index (χ2v) is 10.3. The Balaban J connectivity index is 1.27. The van der Waals surface area contributed by atoms with Crippen LogP contribution in [0.25, 0.3) is 11.0 Å². The summed E-state index contributed by atoms with van der Waals surface area (Å²) in [5, 5.41) is 0.953. The Labute approximate surface area is 174 Å². The highest BCUT2D eigenvalue weighted by Crippen LogP contribution is 2.36. The molecule has 0 amide bonds. The summed E-state index contributed by atoms with van der Waals surface area (Å²) < 4.78 is 55.8. The number of H-pyrrole nitrogens is 1. The van der Waals surface area contributed by atoms with E-state index in [-0.39, 0.29) is 30.2 Å². The van der Waals surface area contributed by atoms with Gasteiger partial charge in [-0.1, -0.05) is 0 Å². The molecule has 1 N–H and O–H groups in total. The Morgan fingerprint density at radius 1 is 1.27 bits per heavy atom. The number of hydrogen-bond acceptors (Lipinski definition) is 6. The van der Waals surface area contributed by atoms with E-state index in [4.69, 9.17) is 0 Å². The lowest BCUT2D eigenvalue weighted by atomic mass is 9.81. The van der Waals surface area contributed by atoms with Crippen molar-refractivity contribution in [1.29, 1.82) is 0 Å². The van der Waals surface area contributed by atoms with E-state index in [9.17, 15) is 17.2 Å². The number of fused-ring (bicyclic) bond motifs is 1. The van der Waals surface area contributed by atoms with Crippen LogP contribution in [0.4, 0.5) is 14.6 Å². The van der Waals surface area contributed by atoms with Crippen molar-refractivity contribution in [3.8, 4) is 0 Å². The van der Waals surface area contributed by atoms with Gasteiger partial charge in [-0.05, 0) is 43.6 Å². The number of piperidine rings is 1. The molecule has 1 saturated carbocycles. The highest BCUT2D eigenvalue weighted by Gasteiger charge is 2.38. The van der Waals surface area contributed by atoms with Crippen LogP contribution in [0.15, 0.2) is 18.6 Å². The van der Waals surface area contributed by atoms with Gasteiger partial charge in [-0.3, -0.25) is 0 Å². The molecule has 1 saturated heterocycles. The Bertz CT molecular complexity index is 956. The summed E-state index contributed by atoms with van der Waals surface area (Å²) in [5.41, 5.74) is 0.785. The van der Waals surface area contributed by atoms with Gasteiger partial charge in [0.15, 0.2) is 0 Å². The molecule has 3 heterocycles. The number of aromatic nitrogens is 3. The number of rotatable bonds is 8. The lowest BCUT2D eigenvalue weighted by molar-refractivity contribution is -0.140. The maximum atomic E-state index is 12.8. The van der Waals surface area contributed by atoms with Crippen LogP contribution in [0.3, 0.4) is 0 Å². The SMILES string of the molecule is CN(c1ncnc2[nH]ccc12)C1CC(CS(=O)(=O)N2CCC(COC(F)F)CC2)C1. The van der Waals surface area contributed by atoms with Crippen molar-refractivity contribution in [3.05, 3.63) is 18.6 Å². The molecule has 0 radical (unpaired) electrons. The molecule has 30 heavy (non-hydrogen) atoms. The molecule has 0 atom stereocenters. The predicted octanol–water partition coefficient (Wildman–Crippen LogP) is 2.45. The van der Waals surface area contributed by atoms with Crippen LogP contribution in [0.5, 0.6) is 0 Å². The zero-order valence-electron chi connectivity index (χ0n) is 16.9. The highest BCUT2D eigenvalue weighted by atomic mass is 32.2. The molecule has 2 aromatic heterocycles. The fourth-order valence-electron chi connectivity index (χ4n) is 4.43. The van der Waals surface area contributed by atoms with E-state index in [1.165, 1.54) is 10.6 Å². The summed E-state index contributed by atoms with van der Waals surface area (Å²) in [5.74, 6) is 1.09. The molecule has 0 unspecified atom stereocenters. The maximum absolute atomic E-state index is 12.8. The largest absolute Gasteiger partial charge is 0.356 e. The van der Waals surface area contributed by atoms with Crippen LogP contribution in [0.2, 0.25) is 0 Å². The standard InChI is InChI=1S/C19H27F2N5O3S/c1-25(18-16-2-5-22-17(16)23-12-24-18)15-8-14(9-15)11-30(27,28)26-6-3-13(4-7-26)10-29-19(20)21/h2,5,12-15,19H,3-4,6-11H2,1H3,(H,22,23,24). The summed E-state index contributed by atoms with van der Waals surface area (Å²) in [6.07, 6.45) is 6.07. The number of ether oxygens (including phenoxy) is 1. The van der Waals surface area contributed by atoms with E-state index < -0.39 is 16.6 Å². The molecule has 1 aliphatic carbocycles. The van der Waals surface area contributed by atoms with Gasteiger partial charge >= 0.3 is 6.61 Å². The molecule has 4 rings (SSSR count). The number of sulfonamides is 1. The van der Waals surface area contributed by atoms with E-state index in [0.717, 1.165) is 29.7 Å². The fraction of sp³-hybridized carbons (Fsp3) is 0.684. The van der Waals surface area contributed by atoms with Gasteiger partial charge in [-0.2, -0.15) is 8.78 Å². The van der Waals surface area contributed by atoms with Crippen molar-refractivity contribution in [2.45, 2.75) is 38.3 Å². The van der Waals surface area contributed by atoms with Gasteiger partial charge in [0.25, 0.3) is 0 Å². The molecule has 0 spiro atoms. The van der Waals surface area contributed by atoms with E-state index in [2.05, 4.69) is 24.6 Å². The zero-order valence-corrected chi connectivity index (χ0v) is 17.7. The third kappa shape index (κ3) is 4.57. The number of halogens is 2. The lowest BCUT2D eigenvalue weighted by Gasteiger charge is -2.42. The number of hydrogen-bond donors (Lipinski definition) is 1. The summed E-state index contributed by atoms with van der Waals surface area (Å²) in [6.45, 7) is -2.03. The second kappa shape index (κ2) is 8.72. The van der Waals surface area contributed by atoms with Crippen LogP contribution < -0.4 is 4.90 Å². The van der Waals surface area contributed by atoms with Crippen LogP contribution in [0.1, 0.15) is 25.7 Å². The Hall–Kier alpha value is -1.85. The molecule has 8 nitrogen and oxygen atoms in total. The van der Waals surface area contributed by atoms with Gasteiger partial charge in [0.1, 0.15) is 17.8 Å². The Kier molecular flexibility index (Phi) is 6.21. The van der Waals surface area contributed by atoms with Gasteiger partial charge in [0.05, 0.1) is 17.7 Å². The van der Waals surface area contributed by atoms with E-state index in [0.29, 0.717) is 25.9 Å². The smallest absolute Gasteiger partial charge is 0.345 e. The van der Waals surface area contributed by atoms with Crippen LogP contribution in [0, 0.1) is 11.8 Å². The van der Waals surface area contributed by atoms with Crippen molar-refractivity contribution in [2.75, 3.05) is 37.4 Å². The van der Waals surface area contributed by atoms with Gasteiger partial charge in [0, 0.05) is 32.4 Å². The first-order valence-electron chi connectivity index (χ1n) is 10.2. The topological polar surface area (TPSA) is 91.4 Å². The lowest BCUT2D eigenvalue weighted by Crippen LogP contribution is -2.48. The molecule has 2 aromatic rings. The summed E-state index contributed by atoms with van der Waals surface area (Å²) in [4.78, 5) is 13.8. The first kappa shape index (κ1) is 21.4. The minimum Gasteiger partial charge on any atom is -0.356 e. The second-order valence-electron chi connectivity index (χ2n) is 8.25. The van der Waals surface area contributed by atoms with Crippen molar-refractivity contribution in [1.82, 2.24) is 19.3 Å². The molecule has 2 aliphatic rings. The number of nitrogens with one attached hydrogen (secondary N) is 1. The molecule has 0 bridgehead atoms. The van der Waals surface area contributed by atoms with Gasteiger partial charge in [-0.25, -0.2) is 22.7 Å². The van der Waals surface area contributed by atoms with Crippen LogP contribution in [-0.4, -0.2) is 72.8 Å². The zero-order chi connectivity index (χ0) is 21.3. The number of nitrogens with zero attached hydrogens (tertiary/aromatic N) is 4. The maximum Gasteiger partial charge on any atom is 0.345 e. The van der Waals surface area contributed by atoms with Gasteiger partial charge in [0.2, 0.25) is 10.0 Å². The van der Waals surface area contributed by atoms with E-state index >= 15 is 0 Å². The van der Waals surface area contributed by atoms with Crippen molar-refractivity contribution in [3.63, 3.8) is 0 Å². The van der Waals surface area contributed by atoms with Crippen molar-refractivity contribution in [2.24, 2.45) is 11.8 Å². The van der Waals surface area contributed by atoms with Crippen molar-refractivity contribution >= 4 is 26.9 Å². The monoisotopic (exact) mass is 443 g/mol. The number of alkyl halides is 2. The first-order valence-corrected chi connectivity index (χ1v) is 11.8. The molecule has 166 valence electrons. The van der Waals surface area contributed by atoms with E-state index in [1.54, 1.807) is 0 Å². The summed E-state index contributed by atoms with van der Waals surface area (Å²) in [6, 6.07) is 2.19. The number of aromatic amines is 1. The predicted molar refractivity (Wildman–Crippen MR) is 109 cm³/mol. The highest BCUT2D eigenvalue weighted by molar-refractivity contribution is 7.89. The van der Waals surface area contributed by atoms with Crippen LogP contribution >= 0.6 is 0 Å². The van der Waals surface area contributed by atoms with Gasteiger partial charge in [-0.15, -0.1) is 0 Å². The van der Waals surface area contributed by atoms with Crippen LogP contribution in [-0.2, 0) is 14.8 Å². The third-order valence-corrected chi connectivity index (χ3v) is 8.34. The molecular formula is C19H27F2N5O3S. The normalized spacial score (nSPS) is 23.7. The molecule has 11 heteroatoms. The van der Waals surface area contributed by atoms with E-state index in [1.807, 2.05) is 19.3 Å². The minimum absolute atomic E-state index is 0.00897. The number of anilines is 1. The first-order chi connectivity index (χ1) is 14.3. The molecule has 1 aliphatic heterocycles. The molecule has 0 aromatic carbocycles. The average molecular weight is 444 g/mol. The fourth-order valence-corrected chi connectivity index (χ4v) is 6.28. The molecule has 2 fully saturated rings. The summed E-state index contributed by atoms with van der Waals surface area (Å²) in [7, 11) is -1.36. The van der Waals surface area contributed by atoms with Gasteiger partial charge < -0.3 is 14.6 Å². The summed E-state index contributed by atoms with van der Waals surface area (Å²) >= 11 is 0. The third-order valence-electron chi connectivity index (χ3n) is 6.30. The minimum atomic E-state index is -3.34. The Morgan fingerprint density at radius 2 is 2.00 bits per heavy atom. The quantitative estimate of drug-likeness (QED) is 0.674. The molecular weight excluding hydrogens is 416 g/mol. The Morgan fingerprint density at radius 3 is 2.70 bits per heavy atom. The van der Waals surface area contributed by atoms with Crippen molar-refractivity contribution < 1.29 is 21.9 Å². The average Bonchev–Trinajstić information content (AvgIpc) is 3.17.